The fourth-order valence-electron chi connectivity index (χ4n) is 5.37. The zero-order valence-electron chi connectivity index (χ0n) is 27.9. The number of fused-ring (bicyclic) bond motifs is 2. The van der Waals surface area contributed by atoms with E-state index < -0.39 is 52.9 Å². The highest BCUT2D eigenvalue weighted by molar-refractivity contribution is 6.07. The van der Waals surface area contributed by atoms with Gasteiger partial charge >= 0.3 is 11.1 Å². The van der Waals surface area contributed by atoms with Crippen molar-refractivity contribution in [1.29, 1.82) is 0 Å². The number of amides is 4. The smallest absolute Gasteiger partial charge is 0.314 e. The van der Waals surface area contributed by atoms with Crippen LogP contribution in [-0.2, 0) is 16.0 Å². The number of H-pyrrole nitrogens is 2. The zero-order chi connectivity index (χ0) is 37.4. The van der Waals surface area contributed by atoms with Crippen molar-refractivity contribution < 1.29 is 23.9 Å². The van der Waals surface area contributed by atoms with Crippen LogP contribution in [0.3, 0.4) is 0 Å². The Morgan fingerprint density at radius 1 is 0.885 bits per heavy atom. The Labute approximate surface area is 295 Å². The van der Waals surface area contributed by atoms with Crippen molar-refractivity contribution in [1.82, 2.24) is 25.9 Å². The number of benzene rings is 3. The summed E-state index contributed by atoms with van der Waals surface area (Å²) in [5, 5.41) is 11.0. The lowest BCUT2D eigenvalue weighted by Crippen LogP contribution is -2.56. The minimum absolute atomic E-state index is 0.00898. The molecule has 18 heteroatoms. The Balaban J connectivity index is 1.40. The number of aliphatic imine (C=N–C) groups is 1. The third-order valence-corrected chi connectivity index (χ3v) is 8.13. The van der Waals surface area contributed by atoms with Gasteiger partial charge in [0.1, 0.15) is 24.4 Å². The number of hydrogen-bond donors (Lipinski definition) is 10. The maximum Gasteiger partial charge on any atom is 0.314 e. The molecule has 3 aromatic carbocycles. The summed E-state index contributed by atoms with van der Waals surface area (Å²) in [6.45, 7) is -0.0941. The first kappa shape index (κ1) is 36.6. The van der Waals surface area contributed by atoms with E-state index in [0.717, 1.165) is 5.56 Å². The minimum Gasteiger partial charge on any atom is -0.491 e. The average Bonchev–Trinajstić information content (AvgIpc) is 3.11. The number of rotatable bonds is 8. The second-order valence-electron chi connectivity index (χ2n) is 12.1. The number of nitrogens with one attached hydrogen (secondary N) is 6. The minimum atomic E-state index is -1.23. The number of nitrogens with two attached hydrogens (primary N) is 4. The van der Waals surface area contributed by atoms with Gasteiger partial charge in [-0.2, -0.15) is 0 Å². The van der Waals surface area contributed by atoms with Crippen molar-refractivity contribution in [2.45, 2.75) is 37.4 Å². The molecule has 0 aliphatic carbocycles. The standard InChI is InChI=1S/C34H39N11O7/c35-19-6-3-17(4-7-19)12-26-31(49)42-21(2-1-11-39-34(37)38)16-52-27-10-8-20(14-22(27)29(47)40-15-23(36)30(48)45-26)41-28(46)18-5-9-24-25(13-18)44-33(51)32(50)43-24/h3-10,13-14,21,23,26H,1-2,11-12,15-16,35-36H2,(H,40,47)(H,41,46)(H,42,49)(H,43,50)(H,44,51)(H,45,48)(H4,37,38,39)/t21-,23+,26-/m0/s1. The van der Waals surface area contributed by atoms with Crippen molar-refractivity contribution >= 4 is 52.0 Å². The van der Waals surface area contributed by atoms with Crippen molar-refractivity contribution in [3.05, 3.63) is 98.1 Å². The van der Waals surface area contributed by atoms with Crippen LogP contribution < -0.4 is 60.1 Å². The van der Waals surface area contributed by atoms with Crippen LogP contribution in [0.25, 0.3) is 11.0 Å². The molecular formula is C34H39N11O7. The number of nitrogens with zero attached hydrogens (tertiary/aromatic N) is 1. The van der Waals surface area contributed by atoms with Gasteiger partial charge in [-0.3, -0.25) is 33.8 Å². The van der Waals surface area contributed by atoms with Crippen molar-refractivity contribution in [2.75, 3.05) is 30.7 Å². The van der Waals surface area contributed by atoms with E-state index in [1.807, 2.05) is 0 Å². The fourth-order valence-corrected chi connectivity index (χ4v) is 5.37. The average molecular weight is 714 g/mol. The Hall–Kier alpha value is -6.69. The molecule has 4 amide bonds. The van der Waals surface area contributed by atoms with Gasteiger partial charge in [0.25, 0.3) is 11.8 Å². The predicted octanol–water partition coefficient (Wildman–Crippen LogP) is -1.23. The van der Waals surface area contributed by atoms with Crippen molar-refractivity contribution in [3.63, 3.8) is 0 Å². The van der Waals surface area contributed by atoms with Crippen molar-refractivity contribution in [2.24, 2.45) is 22.2 Å². The van der Waals surface area contributed by atoms with E-state index in [2.05, 4.69) is 36.2 Å². The fraction of sp³-hybridized carbons (Fsp3) is 0.265. The molecule has 14 N–H and O–H groups in total. The number of hydrogen-bond acceptors (Lipinski definition) is 10. The lowest BCUT2D eigenvalue weighted by Gasteiger charge is -2.26. The number of guanidine groups is 1. The molecule has 0 bridgehead atoms. The Kier molecular flexibility index (Phi) is 11.5. The topological polar surface area (TPSA) is 308 Å². The molecule has 5 rings (SSSR count). The van der Waals surface area contributed by atoms with Crippen LogP contribution in [0.4, 0.5) is 11.4 Å². The van der Waals surface area contributed by atoms with Gasteiger partial charge in [0.05, 0.1) is 22.6 Å². The maximum atomic E-state index is 13.7. The third kappa shape index (κ3) is 9.51. The molecule has 272 valence electrons. The molecule has 4 aromatic rings. The number of aromatic nitrogens is 2. The lowest BCUT2D eigenvalue weighted by molar-refractivity contribution is -0.130. The number of anilines is 2. The van der Waals surface area contributed by atoms with E-state index in [1.165, 1.54) is 36.4 Å². The SMILES string of the molecule is NC(N)=NCCC[C@H]1COc2ccc(NC(=O)c3ccc4[nH]c(=O)c(=O)[nH]c4c3)cc2C(=O)NC[C@@H](N)C(=O)N[C@@H](Cc2ccc(N)cc2)C(=O)N1. The van der Waals surface area contributed by atoms with Crippen LogP contribution in [0.15, 0.2) is 75.2 Å². The second kappa shape index (κ2) is 16.3. The van der Waals surface area contributed by atoms with Gasteiger partial charge < -0.3 is 58.9 Å². The summed E-state index contributed by atoms with van der Waals surface area (Å²) in [7, 11) is 0. The monoisotopic (exact) mass is 713 g/mol. The third-order valence-electron chi connectivity index (χ3n) is 8.13. The van der Waals surface area contributed by atoms with Gasteiger partial charge in [0, 0.05) is 36.4 Å². The van der Waals surface area contributed by atoms with Gasteiger partial charge in [-0.05, 0) is 66.9 Å². The highest BCUT2D eigenvalue weighted by atomic mass is 16.5. The molecule has 0 saturated carbocycles. The molecule has 2 heterocycles. The van der Waals surface area contributed by atoms with Gasteiger partial charge in [-0.15, -0.1) is 0 Å². The molecule has 0 saturated heterocycles. The van der Waals surface area contributed by atoms with E-state index in [4.69, 9.17) is 27.7 Å². The van der Waals surface area contributed by atoms with Crippen LogP contribution in [0.2, 0.25) is 0 Å². The first-order valence-electron chi connectivity index (χ1n) is 16.2. The summed E-state index contributed by atoms with van der Waals surface area (Å²) in [6.07, 6.45) is 0.959. The first-order chi connectivity index (χ1) is 24.9. The summed E-state index contributed by atoms with van der Waals surface area (Å²) in [6, 6.07) is 12.7. The maximum absolute atomic E-state index is 13.7. The van der Waals surface area contributed by atoms with Crippen LogP contribution in [0, 0.1) is 0 Å². The normalized spacial score (nSPS) is 18.1. The molecule has 0 radical (unpaired) electrons. The van der Waals surface area contributed by atoms with E-state index in [1.54, 1.807) is 24.3 Å². The zero-order valence-corrected chi connectivity index (χ0v) is 27.9. The second-order valence-corrected chi connectivity index (χ2v) is 12.1. The summed E-state index contributed by atoms with van der Waals surface area (Å²) < 4.78 is 6.10. The van der Waals surface area contributed by atoms with E-state index in [0.29, 0.717) is 24.0 Å². The number of ether oxygens (including phenoxy) is 1. The number of carbonyl (C=O) groups is 4. The highest BCUT2D eigenvalue weighted by Crippen LogP contribution is 2.25. The molecule has 0 unspecified atom stereocenters. The van der Waals surface area contributed by atoms with Gasteiger partial charge in [0.2, 0.25) is 11.8 Å². The Morgan fingerprint density at radius 3 is 2.35 bits per heavy atom. The lowest BCUT2D eigenvalue weighted by atomic mass is 10.0. The number of nitrogen functional groups attached to an aromatic ring is 1. The molecule has 3 atom stereocenters. The molecule has 52 heavy (non-hydrogen) atoms. The van der Waals surface area contributed by atoms with Crippen molar-refractivity contribution in [3.8, 4) is 5.75 Å². The molecule has 0 fully saturated rings. The molecule has 1 aromatic heterocycles. The van der Waals surface area contributed by atoms with Gasteiger partial charge in [0.15, 0.2) is 5.96 Å². The van der Waals surface area contributed by atoms with E-state index >= 15 is 0 Å². The van der Waals surface area contributed by atoms with Gasteiger partial charge in [-0.25, -0.2) is 0 Å². The first-order valence-corrected chi connectivity index (χ1v) is 16.2. The quantitative estimate of drug-likeness (QED) is 0.0339. The summed E-state index contributed by atoms with van der Waals surface area (Å²) in [4.78, 5) is 85.8. The largest absolute Gasteiger partial charge is 0.491 e. The molecule has 1 aliphatic heterocycles. The Bertz CT molecular complexity index is 2120. The summed E-state index contributed by atoms with van der Waals surface area (Å²) in [5.41, 5.74) is 23.4. The van der Waals surface area contributed by atoms with Crippen LogP contribution in [0.5, 0.6) is 5.75 Å². The summed E-state index contributed by atoms with van der Waals surface area (Å²) >= 11 is 0. The molecule has 18 nitrogen and oxygen atoms in total. The number of aromatic amines is 2. The predicted molar refractivity (Wildman–Crippen MR) is 194 cm³/mol. The van der Waals surface area contributed by atoms with Crippen LogP contribution in [-0.4, -0.2) is 77.4 Å². The molecular weight excluding hydrogens is 674 g/mol. The van der Waals surface area contributed by atoms with Crippen LogP contribution in [0.1, 0.15) is 39.1 Å². The highest BCUT2D eigenvalue weighted by Gasteiger charge is 2.28. The molecule has 0 spiro atoms. The molecule has 1 aliphatic rings. The van der Waals surface area contributed by atoms with Crippen LogP contribution >= 0.6 is 0 Å². The van der Waals surface area contributed by atoms with E-state index in [9.17, 15) is 28.8 Å². The Morgan fingerprint density at radius 2 is 1.62 bits per heavy atom. The van der Waals surface area contributed by atoms with E-state index in [-0.39, 0.29) is 60.2 Å². The van der Waals surface area contributed by atoms with Gasteiger partial charge in [-0.1, -0.05) is 12.1 Å². The summed E-state index contributed by atoms with van der Waals surface area (Å²) in [5.74, 6) is -2.34. The number of carbonyl (C=O) groups excluding carboxylic acids is 4.